The molecule has 0 amide bonds. The minimum absolute atomic E-state index is 0.0191. The maximum atomic E-state index is 10.4. The Morgan fingerprint density at radius 1 is 1.67 bits per heavy atom. The smallest absolute Gasteiger partial charge is 0.294 e. The van der Waals surface area contributed by atoms with Crippen molar-refractivity contribution >= 4 is 5.69 Å². The molecule has 0 saturated heterocycles. The molecule has 12 heavy (non-hydrogen) atoms. The first-order chi connectivity index (χ1) is 5.65. The van der Waals surface area contributed by atoms with Crippen LogP contribution in [0.1, 0.15) is 5.69 Å². The highest BCUT2D eigenvalue weighted by Gasteiger charge is 2.12. The summed E-state index contributed by atoms with van der Waals surface area (Å²) in [4.78, 5) is 13.7. The standard InChI is InChI=1S/C7H8N2O3/c1-5-7(9(10)11)3-6(12-2)4-8-5/h3-4H,1-2H3. The van der Waals surface area contributed by atoms with Gasteiger partial charge in [-0.1, -0.05) is 0 Å². The van der Waals surface area contributed by atoms with Crippen molar-refractivity contribution in [3.8, 4) is 5.75 Å². The fraction of sp³-hybridized carbons (Fsp3) is 0.286. The second kappa shape index (κ2) is 3.17. The van der Waals surface area contributed by atoms with Gasteiger partial charge in [0.05, 0.1) is 24.3 Å². The monoisotopic (exact) mass is 168 g/mol. The van der Waals surface area contributed by atoms with Crippen LogP contribution in [0.5, 0.6) is 5.75 Å². The Morgan fingerprint density at radius 2 is 2.33 bits per heavy atom. The van der Waals surface area contributed by atoms with Crippen molar-refractivity contribution in [3.63, 3.8) is 0 Å². The van der Waals surface area contributed by atoms with Gasteiger partial charge in [0.15, 0.2) is 0 Å². The molecule has 1 heterocycles. The van der Waals surface area contributed by atoms with Gasteiger partial charge < -0.3 is 4.74 Å². The topological polar surface area (TPSA) is 65.3 Å². The summed E-state index contributed by atoms with van der Waals surface area (Å²) in [6.07, 6.45) is 1.45. The molecule has 0 spiro atoms. The minimum atomic E-state index is -0.481. The number of pyridine rings is 1. The molecule has 0 bridgehead atoms. The van der Waals surface area contributed by atoms with E-state index in [1.807, 2.05) is 0 Å². The van der Waals surface area contributed by atoms with E-state index in [1.165, 1.54) is 19.4 Å². The Hall–Kier alpha value is -1.65. The van der Waals surface area contributed by atoms with Crippen molar-refractivity contribution < 1.29 is 9.66 Å². The molecule has 0 saturated carbocycles. The molecule has 0 unspecified atom stereocenters. The van der Waals surface area contributed by atoms with E-state index >= 15 is 0 Å². The molecule has 1 aromatic heterocycles. The predicted molar refractivity (Wildman–Crippen MR) is 42.2 cm³/mol. The zero-order valence-corrected chi connectivity index (χ0v) is 6.77. The average molecular weight is 168 g/mol. The zero-order chi connectivity index (χ0) is 9.14. The molecule has 0 radical (unpaired) electrons. The normalized spacial score (nSPS) is 9.50. The number of methoxy groups -OCH3 is 1. The van der Waals surface area contributed by atoms with Gasteiger partial charge in [0.2, 0.25) is 0 Å². The molecular formula is C7H8N2O3. The van der Waals surface area contributed by atoms with Gasteiger partial charge in [-0.3, -0.25) is 15.1 Å². The van der Waals surface area contributed by atoms with Gasteiger partial charge >= 0.3 is 0 Å². The molecule has 0 fully saturated rings. The van der Waals surface area contributed by atoms with Crippen LogP contribution in [0.4, 0.5) is 5.69 Å². The molecule has 0 aliphatic heterocycles. The molecule has 0 aromatic carbocycles. The average Bonchev–Trinajstić information content (AvgIpc) is 2.05. The van der Waals surface area contributed by atoms with Gasteiger partial charge in [-0.15, -0.1) is 0 Å². The van der Waals surface area contributed by atoms with Crippen molar-refractivity contribution in [1.82, 2.24) is 4.98 Å². The largest absolute Gasteiger partial charge is 0.495 e. The van der Waals surface area contributed by atoms with E-state index in [-0.39, 0.29) is 5.69 Å². The van der Waals surface area contributed by atoms with Crippen molar-refractivity contribution in [2.75, 3.05) is 7.11 Å². The zero-order valence-electron chi connectivity index (χ0n) is 6.77. The van der Waals surface area contributed by atoms with E-state index in [4.69, 9.17) is 4.74 Å². The van der Waals surface area contributed by atoms with Crippen LogP contribution in [-0.2, 0) is 0 Å². The number of hydrogen-bond acceptors (Lipinski definition) is 4. The van der Waals surface area contributed by atoms with E-state index in [2.05, 4.69) is 4.98 Å². The molecule has 64 valence electrons. The van der Waals surface area contributed by atoms with Crippen LogP contribution < -0.4 is 4.74 Å². The highest BCUT2D eigenvalue weighted by atomic mass is 16.6. The molecule has 1 aromatic rings. The van der Waals surface area contributed by atoms with Gasteiger partial charge in [0.25, 0.3) is 5.69 Å². The lowest BCUT2D eigenvalue weighted by molar-refractivity contribution is -0.385. The summed E-state index contributed by atoms with van der Waals surface area (Å²) in [5.74, 6) is 0.396. The van der Waals surface area contributed by atoms with Crippen molar-refractivity contribution in [2.24, 2.45) is 0 Å². The summed E-state index contributed by atoms with van der Waals surface area (Å²) in [6.45, 7) is 1.58. The van der Waals surface area contributed by atoms with Gasteiger partial charge in [0.1, 0.15) is 11.4 Å². The molecule has 0 aliphatic rings. The molecular weight excluding hydrogens is 160 g/mol. The van der Waals surface area contributed by atoms with Gasteiger partial charge in [-0.25, -0.2) is 0 Å². The molecule has 0 atom stereocenters. The Balaban J connectivity index is 3.17. The van der Waals surface area contributed by atoms with Crippen molar-refractivity contribution in [3.05, 3.63) is 28.1 Å². The molecule has 0 N–H and O–H groups in total. The first kappa shape index (κ1) is 8.45. The highest BCUT2D eigenvalue weighted by molar-refractivity contribution is 5.39. The van der Waals surface area contributed by atoms with E-state index in [0.717, 1.165) is 0 Å². The third kappa shape index (κ3) is 1.50. The number of nitrogens with zero attached hydrogens (tertiary/aromatic N) is 2. The Bertz CT molecular complexity index is 312. The lowest BCUT2D eigenvalue weighted by atomic mass is 10.3. The Kier molecular flexibility index (Phi) is 2.23. The molecule has 5 heteroatoms. The summed E-state index contributed by atoms with van der Waals surface area (Å²) < 4.78 is 4.79. The minimum Gasteiger partial charge on any atom is -0.495 e. The molecule has 5 nitrogen and oxygen atoms in total. The summed E-state index contributed by atoms with van der Waals surface area (Å²) in [7, 11) is 1.44. The van der Waals surface area contributed by atoms with Crippen LogP contribution in [0.2, 0.25) is 0 Å². The quantitative estimate of drug-likeness (QED) is 0.493. The maximum Gasteiger partial charge on any atom is 0.294 e. The van der Waals surface area contributed by atoms with Crippen LogP contribution in [0.15, 0.2) is 12.3 Å². The summed E-state index contributed by atoms with van der Waals surface area (Å²) in [6, 6.07) is 1.35. The fourth-order valence-corrected chi connectivity index (χ4v) is 0.799. The number of aryl methyl sites for hydroxylation is 1. The van der Waals surface area contributed by atoms with Crippen molar-refractivity contribution in [2.45, 2.75) is 6.92 Å². The van der Waals surface area contributed by atoms with Gasteiger partial charge in [0, 0.05) is 0 Å². The Morgan fingerprint density at radius 3 is 2.83 bits per heavy atom. The summed E-state index contributed by atoms with van der Waals surface area (Å²) in [5.41, 5.74) is 0.371. The predicted octanol–water partition coefficient (Wildman–Crippen LogP) is 1.31. The first-order valence-electron chi connectivity index (χ1n) is 3.30. The first-order valence-corrected chi connectivity index (χ1v) is 3.30. The lowest BCUT2D eigenvalue weighted by Crippen LogP contribution is -1.95. The van der Waals surface area contributed by atoms with Crippen LogP contribution in [-0.4, -0.2) is 17.0 Å². The van der Waals surface area contributed by atoms with E-state index < -0.39 is 4.92 Å². The highest BCUT2D eigenvalue weighted by Crippen LogP contribution is 2.20. The maximum absolute atomic E-state index is 10.4. The molecule has 0 aliphatic carbocycles. The van der Waals surface area contributed by atoms with Gasteiger partial charge in [-0.05, 0) is 6.92 Å². The summed E-state index contributed by atoms with van der Waals surface area (Å²) in [5, 5.41) is 10.4. The van der Waals surface area contributed by atoms with Crippen molar-refractivity contribution in [1.29, 1.82) is 0 Å². The van der Waals surface area contributed by atoms with Gasteiger partial charge in [-0.2, -0.15) is 0 Å². The van der Waals surface area contributed by atoms with E-state index in [1.54, 1.807) is 6.92 Å². The molecule has 1 rings (SSSR count). The number of nitro groups is 1. The number of aromatic nitrogens is 1. The fourth-order valence-electron chi connectivity index (χ4n) is 0.799. The van der Waals surface area contributed by atoms with Crippen LogP contribution in [0.3, 0.4) is 0 Å². The van der Waals surface area contributed by atoms with Crippen LogP contribution in [0, 0.1) is 17.0 Å². The third-order valence-electron chi connectivity index (χ3n) is 1.47. The van der Waals surface area contributed by atoms with E-state index in [0.29, 0.717) is 11.4 Å². The number of hydrogen-bond donors (Lipinski definition) is 0. The summed E-state index contributed by atoms with van der Waals surface area (Å²) >= 11 is 0. The SMILES string of the molecule is COc1cnc(C)c([N+](=O)[O-])c1. The second-order valence-corrected chi connectivity index (χ2v) is 2.24. The number of rotatable bonds is 2. The lowest BCUT2D eigenvalue weighted by Gasteiger charge is -1.99. The van der Waals surface area contributed by atoms with Crippen LogP contribution >= 0.6 is 0 Å². The second-order valence-electron chi connectivity index (χ2n) is 2.24. The number of ether oxygens (including phenoxy) is 1. The third-order valence-corrected chi connectivity index (χ3v) is 1.47. The Labute approximate surface area is 69.1 Å². The van der Waals surface area contributed by atoms with E-state index in [9.17, 15) is 10.1 Å². The van der Waals surface area contributed by atoms with Crippen LogP contribution in [0.25, 0.3) is 0 Å².